The second kappa shape index (κ2) is 11.1. The van der Waals surface area contributed by atoms with Crippen LogP contribution in [-0.4, -0.2) is 44.9 Å². The SMILES string of the molecule is CCN(CC)C(CNC(=O)CCc1ccc(S(N)(=O)=O)cc1)Cc1ccccc1. The molecule has 7 heteroatoms. The zero-order valence-electron chi connectivity index (χ0n) is 17.2. The van der Waals surface area contributed by atoms with Gasteiger partial charge in [-0.25, -0.2) is 13.6 Å². The summed E-state index contributed by atoms with van der Waals surface area (Å²) in [6.45, 7) is 6.73. The molecular formula is C22H31N3O3S. The first kappa shape index (κ1) is 23.1. The number of nitrogens with two attached hydrogens (primary N) is 1. The van der Waals surface area contributed by atoms with Gasteiger partial charge in [0.2, 0.25) is 15.9 Å². The summed E-state index contributed by atoms with van der Waals surface area (Å²) < 4.78 is 22.6. The minimum absolute atomic E-state index is 0.00857. The van der Waals surface area contributed by atoms with Gasteiger partial charge < -0.3 is 5.32 Å². The van der Waals surface area contributed by atoms with Gasteiger partial charge in [0.25, 0.3) is 0 Å². The number of benzene rings is 2. The number of nitrogens with one attached hydrogen (secondary N) is 1. The minimum atomic E-state index is -3.69. The largest absolute Gasteiger partial charge is 0.355 e. The van der Waals surface area contributed by atoms with Crippen molar-refractivity contribution >= 4 is 15.9 Å². The maximum atomic E-state index is 12.4. The molecule has 0 aromatic heterocycles. The van der Waals surface area contributed by atoms with Gasteiger partial charge in [0.1, 0.15) is 0 Å². The molecule has 29 heavy (non-hydrogen) atoms. The zero-order valence-corrected chi connectivity index (χ0v) is 18.0. The van der Waals surface area contributed by atoms with Gasteiger partial charge in [-0.1, -0.05) is 56.3 Å². The predicted molar refractivity (Wildman–Crippen MR) is 116 cm³/mol. The summed E-state index contributed by atoms with van der Waals surface area (Å²) in [7, 11) is -3.69. The molecule has 0 aliphatic carbocycles. The molecule has 1 unspecified atom stereocenters. The van der Waals surface area contributed by atoms with Crippen molar-refractivity contribution in [1.82, 2.24) is 10.2 Å². The van der Waals surface area contributed by atoms with E-state index in [4.69, 9.17) is 5.14 Å². The molecule has 0 saturated carbocycles. The van der Waals surface area contributed by atoms with E-state index in [0.717, 1.165) is 25.1 Å². The summed E-state index contributed by atoms with van der Waals surface area (Å²) in [6.07, 6.45) is 1.79. The first-order chi connectivity index (χ1) is 13.8. The number of amides is 1. The zero-order chi connectivity index (χ0) is 21.3. The number of hydrogen-bond donors (Lipinski definition) is 2. The Morgan fingerprint density at radius 2 is 1.62 bits per heavy atom. The number of primary sulfonamides is 1. The van der Waals surface area contributed by atoms with Crippen molar-refractivity contribution in [2.75, 3.05) is 19.6 Å². The molecule has 2 aromatic carbocycles. The van der Waals surface area contributed by atoms with Gasteiger partial charge in [-0.05, 0) is 49.2 Å². The topological polar surface area (TPSA) is 92.5 Å². The van der Waals surface area contributed by atoms with Gasteiger partial charge in [-0.15, -0.1) is 0 Å². The molecule has 3 N–H and O–H groups in total. The van der Waals surface area contributed by atoms with E-state index in [2.05, 4.69) is 36.2 Å². The molecule has 6 nitrogen and oxygen atoms in total. The molecule has 158 valence electrons. The van der Waals surface area contributed by atoms with E-state index in [0.29, 0.717) is 19.4 Å². The smallest absolute Gasteiger partial charge is 0.238 e. The summed E-state index contributed by atoms with van der Waals surface area (Å²) in [6, 6.07) is 16.9. The van der Waals surface area contributed by atoms with Crippen molar-refractivity contribution in [3.8, 4) is 0 Å². The van der Waals surface area contributed by atoms with E-state index >= 15 is 0 Å². The van der Waals surface area contributed by atoms with Crippen molar-refractivity contribution in [1.29, 1.82) is 0 Å². The quantitative estimate of drug-likeness (QED) is 0.587. The molecule has 1 amide bonds. The molecule has 0 bridgehead atoms. The van der Waals surface area contributed by atoms with E-state index in [1.807, 2.05) is 18.2 Å². The van der Waals surface area contributed by atoms with Crippen molar-refractivity contribution < 1.29 is 13.2 Å². The van der Waals surface area contributed by atoms with Crippen molar-refractivity contribution in [2.45, 2.75) is 44.0 Å². The molecule has 0 aliphatic rings. The van der Waals surface area contributed by atoms with Crippen molar-refractivity contribution in [3.05, 3.63) is 65.7 Å². The number of likely N-dealkylation sites (N-methyl/N-ethyl adjacent to an activating group) is 1. The fraction of sp³-hybridized carbons (Fsp3) is 0.409. The lowest BCUT2D eigenvalue weighted by molar-refractivity contribution is -0.121. The van der Waals surface area contributed by atoms with E-state index in [-0.39, 0.29) is 16.8 Å². The first-order valence-electron chi connectivity index (χ1n) is 9.99. The van der Waals surface area contributed by atoms with Crippen LogP contribution in [0.2, 0.25) is 0 Å². The summed E-state index contributed by atoms with van der Waals surface area (Å²) in [5.41, 5.74) is 2.16. The lowest BCUT2D eigenvalue weighted by atomic mass is 10.0. The summed E-state index contributed by atoms with van der Waals surface area (Å²) in [4.78, 5) is 14.8. The molecule has 0 fully saturated rings. The standard InChI is InChI=1S/C22H31N3O3S/c1-3-25(4-2)20(16-19-8-6-5-7-9-19)17-24-22(26)15-12-18-10-13-21(14-11-18)29(23,27)28/h5-11,13-14,20H,3-4,12,15-17H2,1-2H3,(H,24,26)(H2,23,27,28). The number of hydrogen-bond acceptors (Lipinski definition) is 4. The molecule has 2 aromatic rings. The Balaban J connectivity index is 1.88. The maximum absolute atomic E-state index is 12.4. The highest BCUT2D eigenvalue weighted by molar-refractivity contribution is 7.89. The Bertz CT molecular complexity index is 864. The van der Waals surface area contributed by atoms with Crippen molar-refractivity contribution in [3.63, 3.8) is 0 Å². The van der Waals surface area contributed by atoms with Gasteiger partial charge in [0.05, 0.1) is 4.90 Å². The molecule has 0 aliphatic heterocycles. The van der Waals surface area contributed by atoms with E-state index in [1.165, 1.54) is 17.7 Å². The number of carbonyl (C=O) groups is 1. The average Bonchev–Trinajstić information content (AvgIpc) is 2.71. The van der Waals surface area contributed by atoms with E-state index in [9.17, 15) is 13.2 Å². The molecule has 0 spiro atoms. The normalized spacial score (nSPS) is 12.7. The highest BCUT2D eigenvalue weighted by atomic mass is 32.2. The lowest BCUT2D eigenvalue weighted by Crippen LogP contribution is -2.45. The van der Waals surface area contributed by atoms with Crippen LogP contribution in [-0.2, 0) is 27.7 Å². The van der Waals surface area contributed by atoms with E-state index < -0.39 is 10.0 Å². The third kappa shape index (κ3) is 7.61. The molecule has 0 saturated heterocycles. The Labute approximate surface area is 174 Å². The molecule has 0 heterocycles. The Morgan fingerprint density at radius 3 is 2.17 bits per heavy atom. The molecular weight excluding hydrogens is 386 g/mol. The van der Waals surface area contributed by atoms with Crippen LogP contribution in [0.15, 0.2) is 59.5 Å². The maximum Gasteiger partial charge on any atom is 0.238 e. The molecule has 1 atom stereocenters. The minimum Gasteiger partial charge on any atom is -0.355 e. The number of nitrogens with zero attached hydrogens (tertiary/aromatic N) is 1. The Hall–Kier alpha value is -2.22. The van der Waals surface area contributed by atoms with Crippen LogP contribution in [0.3, 0.4) is 0 Å². The van der Waals surface area contributed by atoms with Crippen LogP contribution < -0.4 is 10.5 Å². The highest BCUT2D eigenvalue weighted by Crippen LogP contribution is 2.11. The fourth-order valence-corrected chi connectivity index (χ4v) is 3.90. The number of rotatable bonds is 11. The van der Waals surface area contributed by atoms with Crippen molar-refractivity contribution in [2.24, 2.45) is 5.14 Å². The number of sulfonamides is 1. The first-order valence-corrected chi connectivity index (χ1v) is 11.5. The van der Waals surface area contributed by atoms with Crippen LogP contribution in [0.25, 0.3) is 0 Å². The van der Waals surface area contributed by atoms with Gasteiger partial charge >= 0.3 is 0 Å². The summed E-state index contributed by atoms with van der Waals surface area (Å²) in [5.74, 6) is -0.00857. The lowest BCUT2D eigenvalue weighted by Gasteiger charge is -2.30. The second-order valence-electron chi connectivity index (χ2n) is 7.06. The van der Waals surface area contributed by atoms with Crippen LogP contribution in [0.5, 0.6) is 0 Å². The highest BCUT2D eigenvalue weighted by Gasteiger charge is 2.17. The third-order valence-corrected chi connectivity index (χ3v) is 6.00. The summed E-state index contributed by atoms with van der Waals surface area (Å²) >= 11 is 0. The van der Waals surface area contributed by atoms with Gasteiger partial charge in [-0.2, -0.15) is 0 Å². The van der Waals surface area contributed by atoms with E-state index in [1.54, 1.807) is 12.1 Å². The average molecular weight is 418 g/mol. The third-order valence-electron chi connectivity index (χ3n) is 5.07. The van der Waals surface area contributed by atoms with Crippen LogP contribution >= 0.6 is 0 Å². The van der Waals surface area contributed by atoms with Gasteiger partial charge in [0, 0.05) is 19.0 Å². The molecule has 2 rings (SSSR count). The Kier molecular flexibility index (Phi) is 8.82. The van der Waals surface area contributed by atoms with Gasteiger partial charge in [0.15, 0.2) is 0 Å². The second-order valence-corrected chi connectivity index (χ2v) is 8.62. The number of carbonyl (C=O) groups excluding carboxylic acids is 1. The summed E-state index contributed by atoms with van der Waals surface area (Å²) in [5, 5.41) is 8.16. The molecule has 0 radical (unpaired) electrons. The van der Waals surface area contributed by atoms with Crippen LogP contribution in [0, 0.1) is 0 Å². The fourth-order valence-electron chi connectivity index (χ4n) is 3.38. The van der Waals surface area contributed by atoms with Crippen LogP contribution in [0.4, 0.5) is 0 Å². The Morgan fingerprint density at radius 1 is 1.00 bits per heavy atom. The number of aryl methyl sites for hydroxylation is 1. The monoisotopic (exact) mass is 417 g/mol. The van der Waals surface area contributed by atoms with Crippen LogP contribution in [0.1, 0.15) is 31.4 Å². The van der Waals surface area contributed by atoms with Gasteiger partial charge in [-0.3, -0.25) is 9.69 Å². The predicted octanol–water partition coefficient (Wildman–Crippen LogP) is 2.34.